The van der Waals surface area contributed by atoms with Crippen LogP contribution in [0.1, 0.15) is 35.7 Å². The van der Waals surface area contributed by atoms with Gasteiger partial charge in [0.15, 0.2) is 0 Å². The number of unbranched alkanes of at least 4 members (excludes halogenated alkanes) is 1. The van der Waals surface area contributed by atoms with Crippen LogP contribution in [0.2, 0.25) is 0 Å². The summed E-state index contributed by atoms with van der Waals surface area (Å²) in [5.41, 5.74) is 4.96. The van der Waals surface area contributed by atoms with Crippen LogP contribution in [0, 0.1) is 0 Å². The molecule has 0 radical (unpaired) electrons. The first-order valence-corrected chi connectivity index (χ1v) is 9.71. The van der Waals surface area contributed by atoms with Crippen LogP contribution in [0.3, 0.4) is 0 Å². The van der Waals surface area contributed by atoms with Crippen LogP contribution >= 0.6 is 0 Å². The Morgan fingerprint density at radius 2 is 2.00 bits per heavy atom. The standard InChI is InChI=1S/C21H26N4O2/c1-2-3-6-25-15-16-11-17(4-5-20(16)21(25)26)23-18-12-19(14-22-13-18)24-7-9-27-10-8-24/h4-5,11-14,23H,2-3,6-10,15H2,1H3. The maximum atomic E-state index is 12.5. The highest BCUT2D eigenvalue weighted by Crippen LogP contribution is 2.28. The molecule has 2 aliphatic rings. The van der Waals surface area contributed by atoms with Crippen molar-refractivity contribution < 1.29 is 9.53 Å². The number of hydrogen-bond donors (Lipinski definition) is 1. The van der Waals surface area contributed by atoms with Crippen molar-refractivity contribution in [1.82, 2.24) is 9.88 Å². The maximum Gasteiger partial charge on any atom is 0.254 e. The highest BCUT2D eigenvalue weighted by Gasteiger charge is 2.26. The monoisotopic (exact) mass is 366 g/mol. The highest BCUT2D eigenvalue weighted by molar-refractivity contribution is 5.98. The summed E-state index contributed by atoms with van der Waals surface area (Å²) in [4.78, 5) is 21.1. The van der Waals surface area contributed by atoms with Gasteiger partial charge in [0.05, 0.1) is 37.0 Å². The maximum absolute atomic E-state index is 12.5. The van der Waals surface area contributed by atoms with E-state index >= 15 is 0 Å². The minimum Gasteiger partial charge on any atom is -0.378 e. The summed E-state index contributed by atoms with van der Waals surface area (Å²) in [7, 11) is 0. The topological polar surface area (TPSA) is 57.7 Å². The first-order chi connectivity index (χ1) is 13.2. The molecule has 3 heterocycles. The van der Waals surface area contributed by atoms with Crippen molar-refractivity contribution in [3.8, 4) is 0 Å². The van der Waals surface area contributed by atoms with E-state index in [1.165, 1.54) is 0 Å². The van der Waals surface area contributed by atoms with E-state index in [0.717, 1.165) is 73.9 Å². The lowest BCUT2D eigenvalue weighted by Crippen LogP contribution is -2.36. The molecule has 6 heteroatoms. The number of nitrogens with one attached hydrogen (secondary N) is 1. The zero-order valence-electron chi connectivity index (χ0n) is 15.8. The predicted octanol–water partition coefficient (Wildman–Crippen LogP) is 3.42. The van der Waals surface area contributed by atoms with E-state index in [9.17, 15) is 4.79 Å². The van der Waals surface area contributed by atoms with Gasteiger partial charge in [0.1, 0.15) is 0 Å². The van der Waals surface area contributed by atoms with Gasteiger partial charge in [-0.1, -0.05) is 13.3 Å². The van der Waals surface area contributed by atoms with Gasteiger partial charge in [-0.05, 0) is 36.2 Å². The summed E-state index contributed by atoms with van der Waals surface area (Å²) in [5.74, 6) is 0.154. The van der Waals surface area contributed by atoms with Crippen LogP contribution in [0.4, 0.5) is 17.1 Å². The lowest BCUT2D eigenvalue weighted by atomic mass is 10.1. The molecule has 1 fully saturated rings. The quantitative estimate of drug-likeness (QED) is 0.849. The molecule has 0 spiro atoms. The molecule has 0 atom stereocenters. The first kappa shape index (κ1) is 17.8. The van der Waals surface area contributed by atoms with Gasteiger partial charge in [-0.25, -0.2) is 0 Å². The predicted molar refractivity (Wildman–Crippen MR) is 107 cm³/mol. The fraction of sp³-hybridized carbons (Fsp3) is 0.429. The Kier molecular flexibility index (Phi) is 5.25. The molecule has 1 saturated heterocycles. The molecule has 0 saturated carbocycles. The van der Waals surface area contributed by atoms with Crippen molar-refractivity contribution in [2.45, 2.75) is 26.3 Å². The van der Waals surface area contributed by atoms with Crippen LogP contribution < -0.4 is 10.2 Å². The van der Waals surface area contributed by atoms with E-state index in [1.54, 1.807) is 0 Å². The number of benzene rings is 1. The molecule has 0 aliphatic carbocycles. The van der Waals surface area contributed by atoms with Crippen molar-refractivity contribution in [2.24, 2.45) is 0 Å². The zero-order chi connectivity index (χ0) is 18.6. The second kappa shape index (κ2) is 7.96. The fourth-order valence-electron chi connectivity index (χ4n) is 3.65. The van der Waals surface area contributed by atoms with Crippen molar-refractivity contribution in [3.63, 3.8) is 0 Å². The van der Waals surface area contributed by atoms with Gasteiger partial charge in [-0.3, -0.25) is 9.78 Å². The molecule has 1 aromatic carbocycles. The molecule has 142 valence electrons. The molecule has 2 aromatic rings. The van der Waals surface area contributed by atoms with E-state index < -0.39 is 0 Å². The summed E-state index contributed by atoms with van der Waals surface area (Å²) in [5, 5.41) is 3.44. The number of anilines is 3. The number of aromatic nitrogens is 1. The van der Waals surface area contributed by atoms with Gasteiger partial charge in [0.2, 0.25) is 0 Å². The van der Waals surface area contributed by atoms with Crippen molar-refractivity contribution in [1.29, 1.82) is 0 Å². The van der Waals surface area contributed by atoms with Crippen LogP contribution in [0.5, 0.6) is 0 Å². The SMILES string of the molecule is CCCCN1Cc2cc(Nc3cncc(N4CCOCC4)c3)ccc2C1=O. The van der Waals surface area contributed by atoms with Gasteiger partial charge in [0, 0.05) is 37.4 Å². The van der Waals surface area contributed by atoms with Gasteiger partial charge < -0.3 is 19.9 Å². The van der Waals surface area contributed by atoms with Gasteiger partial charge in [-0.2, -0.15) is 0 Å². The summed E-state index contributed by atoms with van der Waals surface area (Å²) in [6.07, 6.45) is 5.86. The second-order valence-corrected chi connectivity index (χ2v) is 7.11. The minimum absolute atomic E-state index is 0.154. The van der Waals surface area contributed by atoms with Gasteiger partial charge >= 0.3 is 0 Å². The van der Waals surface area contributed by atoms with E-state index in [0.29, 0.717) is 6.54 Å². The van der Waals surface area contributed by atoms with Gasteiger partial charge in [-0.15, -0.1) is 0 Å². The molecule has 27 heavy (non-hydrogen) atoms. The molecule has 0 bridgehead atoms. The third-order valence-corrected chi connectivity index (χ3v) is 5.15. The molecular weight excluding hydrogens is 340 g/mol. The molecule has 0 unspecified atom stereocenters. The number of fused-ring (bicyclic) bond motifs is 1. The lowest BCUT2D eigenvalue weighted by Gasteiger charge is -2.28. The third-order valence-electron chi connectivity index (χ3n) is 5.15. The number of hydrogen-bond acceptors (Lipinski definition) is 5. The van der Waals surface area contributed by atoms with Crippen molar-refractivity contribution in [3.05, 3.63) is 47.8 Å². The molecule has 1 aromatic heterocycles. The van der Waals surface area contributed by atoms with Gasteiger partial charge in [0.25, 0.3) is 5.91 Å². The number of carbonyl (C=O) groups excluding carboxylic acids is 1. The Labute approximate surface area is 160 Å². The zero-order valence-corrected chi connectivity index (χ0v) is 15.8. The van der Waals surface area contributed by atoms with E-state index in [4.69, 9.17) is 4.74 Å². The fourth-order valence-corrected chi connectivity index (χ4v) is 3.65. The Morgan fingerprint density at radius 3 is 2.81 bits per heavy atom. The number of morpholine rings is 1. The summed E-state index contributed by atoms with van der Waals surface area (Å²) < 4.78 is 5.42. The Balaban J connectivity index is 1.47. The van der Waals surface area contributed by atoms with Crippen molar-refractivity contribution >= 4 is 23.0 Å². The Bertz CT molecular complexity index is 818. The molecular formula is C21H26N4O2. The average Bonchev–Trinajstić information content (AvgIpc) is 3.02. The van der Waals surface area contributed by atoms with Crippen LogP contribution in [-0.2, 0) is 11.3 Å². The van der Waals surface area contributed by atoms with E-state index in [-0.39, 0.29) is 5.91 Å². The van der Waals surface area contributed by atoms with Crippen LogP contribution in [0.25, 0.3) is 0 Å². The Morgan fingerprint density at radius 1 is 1.15 bits per heavy atom. The molecule has 4 rings (SSSR count). The molecule has 1 N–H and O–H groups in total. The molecule has 2 aliphatic heterocycles. The normalized spacial score (nSPS) is 16.6. The number of rotatable bonds is 6. The number of carbonyl (C=O) groups is 1. The second-order valence-electron chi connectivity index (χ2n) is 7.11. The van der Waals surface area contributed by atoms with Crippen LogP contribution in [-0.4, -0.2) is 48.6 Å². The number of amides is 1. The molecule has 6 nitrogen and oxygen atoms in total. The largest absolute Gasteiger partial charge is 0.378 e. The molecule has 1 amide bonds. The van der Waals surface area contributed by atoms with E-state index in [2.05, 4.69) is 34.3 Å². The van der Waals surface area contributed by atoms with Crippen molar-refractivity contribution in [2.75, 3.05) is 43.1 Å². The number of nitrogens with zero attached hydrogens (tertiary/aromatic N) is 3. The third kappa shape index (κ3) is 3.90. The smallest absolute Gasteiger partial charge is 0.254 e. The Hall–Kier alpha value is -2.60. The number of pyridine rings is 1. The summed E-state index contributed by atoms with van der Waals surface area (Å²) in [6.45, 7) is 6.97. The minimum atomic E-state index is 0.154. The lowest BCUT2D eigenvalue weighted by molar-refractivity contribution is 0.0776. The first-order valence-electron chi connectivity index (χ1n) is 9.71. The highest BCUT2D eigenvalue weighted by atomic mass is 16.5. The van der Waals surface area contributed by atoms with Crippen LogP contribution in [0.15, 0.2) is 36.7 Å². The summed E-state index contributed by atoms with van der Waals surface area (Å²) >= 11 is 0. The summed E-state index contributed by atoms with van der Waals surface area (Å²) in [6, 6.07) is 8.11. The average molecular weight is 366 g/mol. The van der Waals surface area contributed by atoms with E-state index in [1.807, 2.05) is 29.4 Å². The number of ether oxygens (including phenoxy) is 1.